The monoisotopic (exact) mass is 238 g/mol. The lowest BCUT2D eigenvalue weighted by molar-refractivity contribution is 0.255. The average molecular weight is 238 g/mol. The van der Waals surface area contributed by atoms with Crippen LogP contribution in [-0.4, -0.2) is 19.0 Å². The van der Waals surface area contributed by atoms with Crippen LogP contribution >= 0.6 is 0 Å². The number of anilines is 1. The van der Waals surface area contributed by atoms with E-state index in [0.29, 0.717) is 17.7 Å². The summed E-state index contributed by atoms with van der Waals surface area (Å²) in [5.74, 6) is -0.643. The van der Waals surface area contributed by atoms with Crippen LogP contribution in [0.4, 0.5) is 14.9 Å². The van der Waals surface area contributed by atoms with Gasteiger partial charge < -0.3 is 11.5 Å². The van der Waals surface area contributed by atoms with Crippen molar-refractivity contribution in [2.24, 2.45) is 16.5 Å². The minimum atomic E-state index is -0.591. The van der Waals surface area contributed by atoms with E-state index in [2.05, 4.69) is 4.99 Å². The van der Waals surface area contributed by atoms with Crippen LogP contribution in [0.5, 0.6) is 0 Å². The van der Waals surface area contributed by atoms with Crippen LogP contribution < -0.4 is 16.4 Å². The average Bonchev–Trinajstić information content (AvgIpc) is 2.27. The maximum atomic E-state index is 13.0. The van der Waals surface area contributed by atoms with Crippen molar-refractivity contribution in [2.75, 3.05) is 11.9 Å². The van der Waals surface area contributed by atoms with Gasteiger partial charge in [0.25, 0.3) is 0 Å². The Morgan fingerprint density at radius 3 is 2.65 bits per heavy atom. The molecule has 0 saturated heterocycles. The SMILES string of the molecule is CCc1cc(F)ccc1N(C)C(=O)N=C(N)N. The van der Waals surface area contributed by atoms with Gasteiger partial charge in [-0.25, -0.2) is 9.18 Å². The maximum absolute atomic E-state index is 13.0. The van der Waals surface area contributed by atoms with E-state index < -0.39 is 6.03 Å². The summed E-state index contributed by atoms with van der Waals surface area (Å²) in [6.07, 6.45) is 0.604. The molecule has 1 rings (SSSR count). The van der Waals surface area contributed by atoms with Crippen LogP contribution in [0.25, 0.3) is 0 Å². The van der Waals surface area contributed by atoms with E-state index in [4.69, 9.17) is 11.5 Å². The van der Waals surface area contributed by atoms with Gasteiger partial charge in [0.2, 0.25) is 0 Å². The third-order valence-electron chi connectivity index (χ3n) is 2.30. The van der Waals surface area contributed by atoms with E-state index in [-0.39, 0.29) is 11.8 Å². The highest BCUT2D eigenvalue weighted by Gasteiger charge is 2.13. The first-order chi connectivity index (χ1) is 7.95. The molecule has 92 valence electrons. The first kappa shape index (κ1) is 13.0. The van der Waals surface area contributed by atoms with Gasteiger partial charge in [-0.1, -0.05) is 6.92 Å². The highest BCUT2D eigenvalue weighted by Crippen LogP contribution is 2.21. The minimum Gasteiger partial charge on any atom is -0.370 e. The van der Waals surface area contributed by atoms with Crippen LogP contribution in [0.1, 0.15) is 12.5 Å². The van der Waals surface area contributed by atoms with Crippen LogP contribution in [0.3, 0.4) is 0 Å². The second kappa shape index (κ2) is 5.29. The lowest BCUT2D eigenvalue weighted by Gasteiger charge is -2.18. The molecule has 0 fully saturated rings. The van der Waals surface area contributed by atoms with Gasteiger partial charge in [0.15, 0.2) is 5.96 Å². The molecule has 0 radical (unpaired) electrons. The van der Waals surface area contributed by atoms with E-state index in [1.54, 1.807) is 0 Å². The van der Waals surface area contributed by atoms with E-state index in [0.717, 1.165) is 0 Å². The van der Waals surface area contributed by atoms with Crippen molar-refractivity contribution in [3.63, 3.8) is 0 Å². The molecule has 0 heterocycles. The van der Waals surface area contributed by atoms with E-state index in [1.165, 1.54) is 30.1 Å². The third kappa shape index (κ3) is 3.17. The smallest absolute Gasteiger partial charge is 0.350 e. The number of rotatable bonds is 2. The van der Waals surface area contributed by atoms with Gasteiger partial charge in [-0.15, -0.1) is 0 Å². The number of aliphatic imine (C=N–C) groups is 1. The largest absolute Gasteiger partial charge is 0.370 e. The number of halogens is 1. The van der Waals surface area contributed by atoms with Crippen molar-refractivity contribution in [1.29, 1.82) is 0 Å². The maximum Gasteiger partial charge on any atom is 0.350 e. The number of amides is 2. The summed E-state index contributed by atoms with van der Waals surface area (Å²) >= 11 is 0. The molecule has 6 heteroatoms. The molecule has 1 aromatic rings. The van der Waals surface area contributed by atoms with Gasteiger partial charge in [0.05, 0.1) is 0 Å². The van der Waals surface area contributed by atoms with Gasteiger partial charge in [-0.2, -0.15) is 4.99 Å². The summed E-state index contributed by atoms with van der Waals surface area (Å²) < 4.78 is 13.0. The zero-order valence-corrected chi connectivity index (χ0v) is 9.77. The molecule has 0 aliphatic carbocycles. The van der Waals surface area contributed by atoms with Crippen molar-refractivity contribution >= 4 is 17.7 Å². The summed E-state index contributed by atoms with van der Waals surface area (Å²) in [5.41, 5.74) is 11.5. The van der Waals surface area contributed by atoms with Gasteiger partial charge in [-0.3, -0.25) is 4.90 Å². The van der Waals surface area contributed by atoms with Crippen molar-refractivity contribution < 1.29 is 9.18 Å². The fourth-order valence-electron chi connectivity index (χ4n) is 1.45. The van der Waals surface area contributed by atoms with Crippen LogP contribution in [0.15, 0.2) is 23.2 Å². The highest BCUT2D eigenvalue weighted by molar-refractivity contribution is 5.99. The molecule has 0 spiro atoms. The van der Waals surface area contributed by atoms with Crippen molar-refractivity contribution in [1.82, 2.24) is 0 Å². The molecule has 17 heavy (non-hydrogen) atoms. The third-order valence-corrected chi connectivity index (χ3v) is 2.30. The summed E-state index contributed by atoms with van der Waals surface area (Å²) in [6, 6.07) is 3.60. The highest BCUT2D eigenvalue weighted by atomic mass is 19.1. The van der Waals surface area contributed by atoms with Crippen molar-refractivity contribution in [3.8, 4) is 0 Å². The second-order valence-corrected chi connectivity index (χ2v) is 3.50. The molecule has 0 aliphatic rings. The minimum absolute atomic E-state index is 0.304. The molecule has 0 aliphatic heterocycles. The number of aryl methyl sites for hydroxylation is 1. The predicted octanol–water partition coefficient (Wildman–Crippen LogP) is 1.22. The molecule has 0 saturated carbocycles. The number of benzene rings is 1. The zero-order valence-electron chi connectivity index (χ0n) is 9.77. The Balaban J connectivity index is 3.07. The molecule has 2 amide bonds. The lowest BCUT2D eigenvalue weighted by atomic mass is 10.1. The summed E-state index contributed by atoms with van der Waals surface area (Å²) in [4.78, 5) is 16.3. The van der Waals surface area contributed by atoms with Crippen LogP contribution in [-0.2, 0) is 6.42 Å². The first-order valence-corrected chi connectivity index (χ1v) is 5.11. The Hall–Kier alpha value is -2.11. The van der Waals surface area contributed by atoms with E-state index >= 15 is 0 Å². The zero-order chi connectivity index (χ0) is 13.0. The fourth-order valence-corrected chi connectivity index (χ4v) is 1.45. The number of carbonyl (C=O) groups is 1. The van der Waals surface area contributed by atoms with Gasteiger partial charge in [0.1, 0.15) is 5.82 Å². The molecule has 0 bridgehead atoms. The molecule has 1 aromatic carbocycles. The van der Waals surface area contributed by atoms with Gasteiger partial charge in [-0.05, 0) is 30.2 Å². The summed E-state index contributed by atoms with van der Waals surface area (Å²) in [5, 5.41) is 0. The molecule has 0 aromatic heterocycles. The number of guanidine groups is 1. The van der Waals surface area contributed by atoms with E-state index in [1.807, 2.05) is 6.92 Å². The Morgan fingerprint density at radius 2 is 2.12 bits per heavy atom. The number of hydrogen-bond donors (Lipinski definition) is 2. The van der Waals surface area contributed by atoms with Gasteiger partial charge >= 0.3 is 6.03 Å². The molecular formula is C11H15FN4O. The Morgan fingerprint density at radius 1 is 1.47 bits per heavy atom. The predicted molar refractivity (Wildman–Crippen MR) is 65.4 cm³/mol. The van der Waals surface area contributed by atoms with Crippen molar-refractivity contribution in [3.05, 3.63) is 29.6 Å². The van der Waals surface area contributed by atoms with Crippen LogP contribution in [0, 0.1) is 5.82 Å². The van der Waals surface area contributed by atoms with Crippen molar-refractivity contribution in [2.45, 2.75) is 13.3 Å². The molecule has 0 atom stereocenters. The fraction of sp³-hybridized carbons (Fsp3) is 0.273. The second-order valence-electron chi connectivity index (χ2n) is 3.50. The van der Waals surface area contributed by atoms with Gasteiger partial charge in [0, 0.05) is 12.7 Å². The normalized spacial score (nSPS) is 9.82. The summed E-state index contributed by atoms with van der Waals surface area (Å²) in [6.45, 7) is 1.87. The molecule has 4 N–H and O–H groups in total. The summed E-state index contributed by atoms with van der Waals surface area (Å²) in [7, 11) is 1.53. The topological polar surface area (TPSA) is 84.7 Å². The Labute approximate surface area is 98.9 Å². The first-order valence-electron chi connectivity index (χ1n) is 5.11. The number of nitrogens with two attached hydrogens (primary N) is 2. The number of nitrogens with zero attached hydrogens (tertiary/aromatic N) is 2. The van der Waals surface area contributed by atoms with Crippen LogP contribution in [0.2, 0.25) is 0 Å². The number of carbonyl (C=O) groups excluding carboxylic acids is 1. The molecular weight excluding hydrogens is 223 g/mol. The molecule has 5 nitrogen and oxygen atoms in total. The number of urea groups is 1. The molecule has 0 unspecified atom stereocenters. The number of hydrogen-bond acceptors (Lipinski definition) is 1. The Bertz CT molecular complexity index is 455. The lowest BCUT2D eigenvalue weighted by Crippen LogP contribution is -2.30. The van der Waals surface area contributed by atoms with E-state index in [9.17, 15) is 9.18 Å². The Kier molecular flexibility index (Phi) is 4.03. The standard InChI is InChI=1S/C11H15FN4O/c1-3-7-6-8(12)4-5-9(7)16(2)11(17)15-10(13)14/h4-6H,3H2,1-2H3,(H4,13,14,15,17). The quantitative estimate of drug-likeness (QED) is 0.600.